The molecule has 3 nitrogen and oxygen atoms in total. The predicted octanol–water partition coefficient (Wildman–Crippen LogP) is 4.30. The third-order valence-electron chi connectivity index (χ3n) is 4.32. The van der Waals surface area contributed by atoms with E-state index < -0.39 is 0 Å². The Balaban J connectivity index is 1.98. The highest BCUT2D eigenvalue weighted by atomic mass is 16.5. The molecule has 3 rings (SSSR count). The van der Waals surface area contributed by atoms with Gasteiger partial charge >= 0.3 is 0 Å². The second kappa shape index (κ2) is 6.37. The lowest BCUT2D eigenvalue weighted by Crippen LogP contribution is -2.32. The van der Waals surface area contributed by atoms with Crippen LogP contribution in [0.3, 0.4) is 0 Å². The van der Waals surface area contributed by atoms with E-state index in [2.05, 4.69) is 0 Å². The zero-order chi connectivity index (χ0) is 16.4. The molecular weight excluding hydrogens is 288 g/mol. The molecule has 0 fully saturated rings. The quantitative estimate of drug-likeness (QED) is 0.846. The number of benzene rings is 2. The fraction of sp³-hybridized carbons (Fsp3) is 0.300. The lowest BCUT2D eigenvalue weighted by Gasteiger charge is -2.33. The molecule has 2 aromatic rings. The van der Waals surface area contributed by atoms with Crippen molar-refractivity contribution in [1.29, 1.82) is 0 Å². The predicted molar refractivity (Wildman–Crippen MR) is 88.7 cm³/mol. The summed E-state index contributed by atoms with van der Waals surface area (Å²) in [5, 5.41) is 0. The van der Waals surface area contributed by atoms with Gasteiger partial charge in [0, 0.05) is 6.42 Å². The number of ketones is 2. The molecule has 0 N–H and O–H groups in total. The van der Waals surface area contributed by atoms with E-state index in [1.807, 2.05) is 49.4 Å². The van der Waals surface area contributed by atoms with Gasteiger partial charge in [-0.15, -0.1) is 0 Å². The lowest BCUT2D eigenvalue weighted by atomic mass is 9.82. The number of hydrogen-bond donors (Lipinski definition) is 0. The Morgan fingerprint density at radius 3 is 2.48 bits per heavy atom. The van der Waals surface area contributed by atoms with Gasteiger partial charge in [0.1, 0.15) is 17.6 Å². The van der Waals surface area contributed by atoms with Crippen molar-refractivity contribution in [3.63, 3.8) is 0 Å². The van der Waals surface area contributed by atoms with Gasteiger partial charge in [-0.3, -0.25) is 4.79 Å². The number of para-hydroxylation sites is 1. The van der Waals surface area contributed by atoms with Crippen LogP contribution in [-0.4, -0.2) is 11.6 Å². The zero-order valence-electron chi connectivity index (χ0n) is 13.4. The van der Waals surface area contributed by atoms with Gasteiger partial charge in [0.2, 0.25) is 0 Å². The third-order valence-corrected chi connectivity index (χ3v) is 4.32. The van der Waals surface area contributed by atoms with E-state index in [-0.39, 0.29) is 23.6 Å². The molecule has 0 saturated heterocycles. The molecule has 0 amide bonds. The maximum Gasteiger partial charge on any atom is 0.173 e. The largest absolute Gasteiger partial charge is 0.484 e. The van der Waals surface area contributed by atoms with E-state index in [0.717, 1.165) is 11.1 Å². The van der Waals surface area contributed by atoms with Crippen LogP contribution in [0.15, 0.2) is 48.5 Å². The van der Waals surface area contributed by atoms with Crippen molar-refractivity contribution < 1.29 is 14.3 Å². The summed E-state index contributed by atoms with van der Waals surface area (Å²) in [4.78, 5) is 24.3. The van der Waals surface area contributed by atoms with Crippen LogP contribution in [0.5, 0.6) is 5.75 Å². The fourth-order valence-corrected chi connectivity index (χ4v) is 3.03. The van der Waals surface area contributed by atoms with Gasteiger partial charge in [-0.25, -0.2) is 0 Å². The van der Waals surface area contributed by atoms with Gasteiger partial charge in [-0.2, -0.15) is 0 Å². The topological polar surface area (TPSA) is 43.4 Å². The maximum absolute atomic E-state index is 12.9. The second-order valence-corrected chi connectivity index (χ2v) is 6.16. The molecule has 0 bridgehead atoms. The summed E-state index contributed by atoms with van der Waals surface area (Å²) in [6.07, 6.45) is 0.572. The molecule has 0 aromatic heterocycles. The summed E-state index contributed by atoms with van der Waals surface area (Å²) in [6.45, 7) is 3.59. The third kappa shape index (κ3) is 3.19. The Morgan fingerprint density at radius 2 is 1.78 bits per heavy atom. The van der Waals surface area contributed by atoms with E-state index in [1.165, 1.54) is 0 Å². The monoisotopic (exact) mass is 308 g/mol. The van der Waals surface area contributed by atoms with Crippen molar-refractivity contribution in [3.05, 3.63) is 65.2 Å². The highest BCUT2D eigenvalue weighted by Crippen LogP contribution is 2.40. The van der Waals surface area contributed by atoms with Gasteiger partial charge in [0.05, 0.1) is 11.5 Å². The van der Waals surface area contributed by atoms with Crippen LogP contribution in [0, 0.1) is 12.8 Å². The van der Waals surface area contributed by atoms with Crippen LogP contribution in [-0.2, 0) is 4.79 Å². The summed E-state index contributed by atoms with van der Waals surface area (Å²) in [5.74, 6) is 0.469. The van der Waals surface area contributed by atoms with Gasteiger partial charge in [0.15, 0.2) is 5.78 Å². The average molecular weight is 308 g/mol. The molecule has 0 radical (unpaired) electrons. The van der Waals surface area contributed by atoms with Gasteiger partial charge < -0.3 is 9.53 Å². The Morgan fingerprint density at radius 1 is 1.09 bits per heavy atom. The van der Waals surface area contributed by atoms with Crippen LogP contribution >= 0.6 is 0 Å². The van der Waals surface area contributed by atoms with Crippen molar-refractivity contribution >= 4 is 11.6 Å². The normalized spacial score (nSPS) is 19.8. The fourth-order valence-electron chi connectivity index (χ4n) is 3.03. The van der Waals surface area contributed by atoms with E-state index in [4.69, 9.17) is 4.74 Å². The summed E-state index contributed by atoms with van der Waals surface area (Å²) in [7, 11) is 0. The molecule has 0 aliphatic carbocycles. The Labute approximate surface area is 136 Å². The van der Waals surface area contributed by atoms with Crippen molar-refractivity contribution in [3.8, 4) is 5.75 Å². The van der Waals surface area contributed by atoms with Crippen LogP contribution in [0.25, 0.3) is 0 Å². The molecule has 1 aliphatic rings. The average Bonchev–Trinajstić information content (AvgIpc) is 2.54. The summed E-state index contributed by atoms with van der Waals surface area (Å²) < 4.78 is 6.14. The Kier molecular flexibility index (Phi) is 4.28. The molecule has 0 saturated carbocycles. The first kappa shape index (κ1) is 15.5. The van der Waals surface area contributed by atoms with E-state index in [0.29, 0.717) is 24.2 Å². The first-order chi connectivity index (χ1) is 11.1. The van der Waals surface area contributed by atoms with Crippen molar-refractivity contribution in [1.82, 2.24) is 0 Å². The molecular formula is C20H20O3. The van der Waals surface area contributed by atoms with E-state index >= 15 is 0 Å². The molecule has 2 atom stereocenters. The highest BCUT2D eigenvalue weighted by molar-refractivity contribution is 6.01. The van der Waals surface area contributed by atoms with Crippen LogP contribution < -0.4 is 4.74 Å². The molecule has 118 valence electrons. The van der Waals surface area contributed by atoms with Gasteiger partial charge in [-0.05, 0) is 38.0 Å². The Bertz CT molecular complexity index is 731. The molecule has 2 unspecified atom stereocenters. The van der Waals surface area contributed by atoms with Crippen molar-refractivity contribution in [2.24, 2.45) is 5.92 Å². The van der Waals surface area contributed by atoms with Crippen molar-refractivity contribution in [2.45, 2.75) is 32.8 Å². The number of aryl methyl sites for hydroxylation is 1. The zero-order valence-corrected chi connectivity index (χ0v) is 13.4. The van der Waals surface area contributed by atoms with Gasteiger partial charge in [0.25, 0.3) is 0 Å². The minimum absolute atomic E-state index is 0.0682. The van der Waals surface area contributed by atoms with E-state index in [9.17, 15) is 9.59 Å². The molecule has 1 aliphatic heterocycles. The molecule has 2 aromatic carbocycles. The Hall–Kier alpha value is -2.42. The molecule has 0 spiro atoms. The molecule has 23 heavy (non-hydrogen) atoms. The highest BCUT2D eigenvalue weighted by Gasteiger charge is 2.37. The first-order valence-electron chi connectivity index (χ1n) is 7.92. The number of fused-ring (bicyclic) bond motifs is 1. The van der Waals surface area contributed by atoms with Crippen LogP contribution in [0.4, 0.5) is 0 Å². The summed E-state index contributed by atoms with van der Waals surface area (Å²) in [6, 6.07) is 15.4. The number of hydrogen-bond acceptors (Lipinski definition) is 3. The van der Waals surface area contributed by atoms with Crippen LogP contribution in [0.1, 0.15) is 47.4 Å². The maximum atomic E-state index is 12.9. The summed E-state index contributed by atoms with van der Waals surface area (Å²) in [5.41, 5.74) is 2.76. The minimum atomic E-state index is -0.336. The minimum Gasteiger partial charge on any atom is -0.484 e. The van der Waals surface area contributed by atoms with E-state index in [1.54, 1.807) is 13.0 Å². The van der Waals surface area contributed by atoms with Crippen LogP contribution in [0.2, 0.25) is 0 Å². The smallest absolute Gasteiger partial charge is 0.173 e. The lowest BCUT2D eigenvalue weighted by molar-refractivity contribution is -0.117. The molecule has 3 heteroatoms. The summed E-state index contributed by atoms with van der Waals surface area (Å²) >= 11 is 0. The number of carbonyl (C=O) groups excluding carboxylic acids is 2. The number of Topliss-reactive ketones (excluding diaryl/α,β-unsaturated/α-hetero) is 2. The number of ether oxygens (including phenoxy) is 1. The number of rotatable bonds is 4. The first-order valence-corrected chi connectivity index (χ1v) is 7.92. The van der Waals surface area contributed by atoms with Crippen molar-refractivity contribution in [2.75, 3.05) is 0 Å². The SMILES string of the molecule is CC(=O)CCC1C(=O)c2ccccc2OC1c1ccc(C)cc1. The standard InChI is InChI=1S/C20H20O3/c1-13-7-10-15(11-8-13)20-17(12-9-14(2)21)19(22)16-5-3-4-6-18(16)23-20/h3-8,10-11,17,20H,9,12H2,1-2H3. The second-order valence-electron chi connectivity index (χ2n) is 6.16. The molecule has 1 heterocycles. The number of carbonyl (C=O) groups is 2. The van der Waals surface area contributed by atoms with Gasteiger partial charge in [-0.1, -0.05) is 42.0 Å².